The van der Waals surface area contributed by atoms with Gasteiger partial charge in [-0.25, -0.2) is 0 Å². The van der Waals surface area contributed by atoms with Crippen LogP contribution in [0, 0.1) is 0 Å². The van der Waals surface area contributed by atoms with Crippen molar-refractivity contribution in [2.75, 3.05) is 13.2 Å². The lowest BCUT2D eigenvalue weighted by Gasteiger charge is -2.13. The molecule has 0 heterocycles. The number of ether oxygens (including phenoxy) is 2. The second-order valence-corrected chi connectivity index (χ2v) is 4.70. The minimum atomic E-state index is 0.477. The maximum atomic E-state index is 5.84. The summed E-state index contributed by atoms with van der Waals surface area (Å²) < 4.78 is 11.4. The fraction of sp³-hybridized carbons (Fsp3) is 0.294. The Hall–Kier alpha value is -1.67. The van der Waals surface area contributed by atoms with Crippen molar-refractivity contribution in [3.05, 3.63) is 59.7 Å². The molecule has 0 unspecified atom stereocenters. The molecule has 2 aromatic rings. The Morgan fingerprint density at radius 1 is 0.900 bits per heavy atom. The topological polar surface area (TPSA) is 18.5 Å². The third-order valence-corrected chi connectivity index (χ3v) is 3.26. The molecule has 2 rings (SSSR count). The Labute approximate surface area is 125 Å². The highest BCUT2D eigenvalue weighted by molar-refractivity contribution is 6.17. The van der Waals surface area contributed by atoms with Crippen LogP contribution in [0.25, 0.3) is 0 Å². The highest BCUT2D eigenvalue weighted by Gasteiger charge is 2.06. The fourth-order valence-electron chi connectivity index (χ4n) is 1.95. The van der Waals surface area contributed by atoms with Crippen molar-refractivity contribution in [1.82, 2.24) is 0 Å². The zero-order chi connectivity index (χ0) is 14.2. The second kappa shape index (κ2) is 7.81. The van der Waals surface area contributed by atoms with Gasteiger partial charge >= 0.3 is 0 Å². The second-order valence-electron chi connectivity index (χ2n) is 4.43. The van der Waals surface area contributed by atoms with Crippen molar-refractivity contribution in [3.8, 4) is 11.5 Å². The summed E-state index contributed by atoms with van der Waals surface area (Å²) in [5.41, 5.74) is 2.30. The van der Waals surface area contributed by atoms with Gasteiger partial charge in [0.2, 0.25) is 0 Å². The first-order valence-electron chi connectivity index (χ1n) is 6.82. The first-order valence-corrected chi connectivity index (χ1v) is 7.35. The van der Waals surface area contributed by atoms with Crippen molar-refractivity contribution < 1.29 is 9.47 Å². The van der Waals surface area contributed by atoms with E-state index in [2.05, 4.69) is 12.1 Å². The molecular formula is C17H19ClO2. The van der Waals surface area contributed by atoms with Crippen molar-refractivity contribution in [3.63, 3.8) is 0 Å². The van der Waals surface area contributed by atoms with Gasteiger partial charge in [0.05, 0.1) is 13.2 Å². The summed E-state index contributed by atoms with van der Waals surface area (Å²) in [5.74, 6) is 2.01. The van der Waals surface area contributed by atoms with Crippen LogP contribution in [0.15, 0.2) is 48.5 Å². The number of rotatable bonds is 7. The van der Waals surface area contributed by atoms with Crippen molar-refractivity contribution in [2.45, 2.75) is 19.2 Å². The molecule has 0 atom stereocenters. The SMILES string of the molecule is CCOc1cc(CCl)ccc1OCCc1ccccc1. The predicted molar refractivity (Wildman–Crippen MR) is 82.8 cm³/mol. The quantitative estimate of drug-likeness (QED) is 0.702. The van der Waals surface area contributed by atoms with Gasteiger partial charge in [-0.2, -0.15) is 0 Å². The van der Waals surface area contributed by atoms with E-state index in [-0.39, 0.29) is 0 Å². The van der Waals surface area contributed by atoms with Gasteiger partial charge in [-0.05, 0) is 30.2 Å². The zero-order valence-electron chi connectivity index (χ0n) is 11.6. The van der Waals surface area contributed by atoms with Crippen molar-refractivity contribution in [2.24, 2.45) is 0 Å². The highest BCUT2D eigenvalue weighted by Crippen LogP contribution is 2.29. The molecule has 0 N–H and O–H groups in total. The van der Waals surface area contributed by atoms with Crippen molar-refractivity contribution >= 4 is 11.6 Å². The Bertz CT molecular complexity index is 526. The largest absolute Gasteiger partial charge is 0.490 e. The van der Waals surface area contributed by atoms with Crippen LogP contribution in [0.5, 0.6) is 11.5 Å². The van der Waals surface area contributed by atoms with Gasteiger partial charge in [0, 0.05) is 12.3 Å². The third-order valence-electron chi connectivity index (χ3n) is 2.95. The summed E-state index contributed by atoms with van der Waals surface area (Å²) in [5, 5.41) is 0. The summed E-state index contributed by atoms with van der Waals surface area (Å²) >= 11 is 5.84. The van der Waals surface area contributed by atoms with Crippen LogP contribution in [0.1, 0.15) is 18.1 Å². The molecule has 3 heteroatoms. The van der Waals surface area contributed by atoms with Gasteiger partial charge in [0.25, 0.3) is 0 Å². The lowest BCUT2D eigenvalue weighted by atomic mass is 10.2. The molecule has 0 bridgehead atoms. The Morgan fingerprint density at radius 2 is 1.70 bits per heavy atom. The van der Waals surface area contributed by atoms with E-state index >= 15 is 0 Å². The van der Waals surface area contributed by atoms with E-state index in [1.165, 1.54) is 5.56 Å². The van der Waals surface area contributed by atoms with E-state index in [4.69, 9.17) is 21.1 Å². The van der Waals surface area contributed by atoms with Crippen LogP contribution in [0.2, 0.25) is 0 Å². The number of halogens is 1. The number of alkyl halides is 1. The van der Waals surface area contributed by atoms with Crippen LogP contribution in [-0.4, -0.2) is 13.2 Å². The van der Waals surface area contributed by atoms with Crippen LogP contribution in [0.3, 0.4) is 0 Å². The van der Waals surface area contributed by atoms with Crippen LogP contribution in [0.4, 0.5) is 0 Å². The summed E-state index contributed by atoms with van der Waals surface area (Å²) in [6, 6.07) is 16.1. The van der Waals surface area contributed by atoms with Gasteiger partial charge in [-0.3, -0.25) is 0 Å². The smallest absolute Gasteiger partial charge is 0.161 e. The summed E-state index contributed by atoms with van der Waals surface area (Å²) in [6.45, 7) is 3.20. The van der Waals surface area contributed by atoms with E-state index in [1.54, 1.807) is 0 Å². The minimum absolute atomic E-state index is 0.477. The predicted octanol–water partition coefficient (Wildman–Crippen LogP) is 4.45. The minimum Gasteiger partial charge on any atom is -0.490 e. The zero-order valence-corrected chi connectivity index (χ0v) is 12.4. The van der Waals surface area contributed by atoms with Crippen LogP contribution in [-0.2, 0) is 12.3 Å². The average molecular weight is 291 g/mol. The van der Waals surface area contributed by atoms with E-state index in [0.29, 0.717) is 19.1 Å². The summed E-state index contributed by atoms with van der Waals surface area (Å²) in [6.07, 6.45) is 0.879. The Balaban J connectivity index is 1.98. The summed E-state index contributed by atoms with van der Waals surface area (Å²) in [7, 11) is 0. The monoisotopic (exact) mass is 290 g/mol. The van der Waals surface area contributed by atoms with Gasteiger partial charge in [-0.15, -0.1) is 11.6 Å². The summed E-state index contributed by atoms with van der Waals surface area (Å²) in [4.78, 5) is 0. The van der Waals surface area contributed by atoms with Gasteiger partial charge in [-0.1, -0.05) is 36.4 Å². The molecule has 0 fully saturated rings. The average Bonchev–Trinajstić information content (AvgIpc) is 2.50. The molecule has 2 aromatic carbocycles. The third kappa shape index (κ3) is 4.17. The fourth-order valence-corrected chi connectivity index (χ4v) is 2.11. The van der Waals surface area contributed by atoms with E-state index in [1.807, 2.05) is 43.3 Å². The Kier molecular flexibility index (Phi) is 5.75. The normalized spacial score (nSPS) is 10.3. The highest BCUT2D eigenvalue weighted by atomic mass is 35.5. The molecule has 0 spiro atoms. The molecule has 2 nitrogen and oxygen atoms in total. The Morgan fingerprint density at radius 3 is 2.40 bits per heavy atom. The first-order chi connectivity index (χ1) is 9.83. The molecule has 0 aliphatic heterocycles. The van der Waals surface area contributed by atoms with Gasteiger partial charge < -0.3 is 9.47 Å². The number of hydrogen-bond acceptors (Lipinski definition) is 2. The molecule has 0 aliphatic carbocycles. The van der Waals surface area contributed by atoms with E-state index in [0.717, 1.165) is 23.5 Å². The molecule has 0 aromatic heterocycles. The van der Waals surface area contributed by atoms with Crippen LogP contribution < -0.4 is 9.47 Å². The molecule has 20 heavy (non-hydrogen) atoms. The molecule has 106 valence electrons. The molecule has 0 amide bonds. The molecular weight excluding hydrogens is 272 g/mol. The molecule has 0 saturated carbocycles. The van der Waals surface area contributed by atoms with E-state index < -0.39 is 0 Å². The van der Waals surface area contributed by atoms with Gasteiger partial charge in [0.1, 0.15) is 0 Å². The maximum absolute atomic E-state index is 5.84. The number of hydrogen-bond donors (Lipinski definition) is 0. The number of benzene rings is 2. The lowest BCUT2D eigenvalue weighted by Crippen LogP contribution is -2.04. The van der Waals surface area contributed by atoms with E-state index in [9.17, 15) is 0 Å². The standard InChI is InChI=1S/C17H19ClO2/c1-2-19-17-12-15(13-18)8-9-16(17)20-11-10-14-6-4-3-5-7-14/h3-9,12H,2,10-11,13H2,1H3. The molecule has 0 aliphatic rings. The van der Waals surface area contributed by atoms with Crippen molar-refractivity contribution in [1.29, 1.82) is 0 Å². The molecule has 0 saturated heterocycles. The molecule has 0 radical (unpaired) electrons. The van der Waals surface area contributed by atoms with Gasteiger partial charge in [0.15, 0.2) is 11.5 Å². The first kappa shape index (κ1) is 14.7. The van der Waals surface area contributed by atoms with Crippen LogP contribution >= 0.6 is 11.6 Å². The lowest BCUT2D eigenvalue weighted by molar-refractivity contribution is 0.279. The maximum Gasteiger partial charge on any atom is 0.161 e.